The summed E-state index contributed by atoms with van der Waals surface area (Å²) >= 11 is 3.47. The van der Waals surface area contributed by atoms with Crippen LogP contribution in [0.1, 0.15) is 24.2 Å². The highest BCUT2D eigenvalue weighted by Crippen LogP contribution is 2.26. The molecular weight excluding hydrogens is 370 g/mol. The van der Waals surface area contributed by atoms with E-state index < -0.39 is 0 Å². The van der Waals surface area contributed by atoms with Crippen LogP contribution < -0.4 is 9.47 Å². The number of amides is 1. The molecule has 2 rings (SSSR count). The van der Waals surface area contributed by atoms with Crippen molar-refractivity contribution in [1.29, 1.82) is 0 Å². The Labute approximate surface area is 151 Å². The molecule has 0 atom stereocenters. The third-order valence-corrected chi connectivity index (χ3v) is 4.20. The first kappa shape index (κ1) is 18.3. The summed E-state index contributed by atoms with van der Waals surface area (Å²) < 4.78 is 12.1. The Bertz CT molecular complexity index is 657. The third kappa shape index (κ3) is 4.99. The van der Waals surface area contributed by atoms with Crippen molar-refractivity contribution in [3.05, 3.63) is 58.6 Å². The zero-order valence-electron chi connectivity index (χ0n) is 14.0. The van der Waals surface area contributed by atoms with Crippen LogP contribution >= 0.6 is 15.9 Å². The second-order valence-electron chi connectivity index (χ2n) is 5.13. The number of benzene rings is 2. The van der Waals surface area contributed by atoms with Gasteiger partial charge in [0.05, 0.1) is 4.47 Å². The lowest BCUT2D eigenvalue weighted by atomic mass is 10.2. The highest BCUT2D eigenvalue weighted by Gasteiger charge is 2.14. The van der Waals surface area contributed by atoms with Crippen molar-refractivity contribution >= 4 is 21.8 Å². The smallest absolute Gasteiger partial charge is 0.253 e. The van der Waals surface area contributed by atoms with Crippen molar-refractivity contribution in [3.63, 3.8) is 0 Å². The molecule has 0 spiro atoms. The molecular formula is C19H22BrNO3. The fourth-order valence-corrected chi connectivity index (χ4v) is 2.77. The molecule has 0 saturated carbocycles. The number of rotatable bonds is 8. The summed E-state index contributed by atoms with van der Waals surface area (Å²) in [4.78, 5) is 14.1. The maximum Gasteiger partial charge on any atom is 0.253 e. The molecule has 0 bridgehead atoms. The molecule has 0 heterocycles. The Kier molecular flexibility index (Phi) is 7.12. The van der Waals surface area contributed by atoms with Gasteiger partial charge in [0.2, 0.25) is 0 Å². The van der Waals surface area contributed by atoms with E-state index in [2.05, 4.69) is 15.9 Å². The highest BCUT2D eigenvalue weighted by molar-refractivity contribution is 9.10. The third-order valence-electron chi connectivity index (χ3n) is 3.58. The topological polar surface area (TPSA) is 38.8 Å². The monoisotopic (exact) mass is 391 g/mol. The molecule has 0 saturated heterocycles. The average Bonchev–Trinajstić information content (AvgIpc) is 2.61. The number of hydrogen-bond donors (Lipinski definition) is 0. The van der Waals surface area contributed by atoms with Crippen LogP contribution in [0.15, 0.2) is 53.0 Å². The summed E-state index contributed by atoms with van der Waals surface area (Å²) in [5, 5.41) is 0. The second kappa shape index (κ2) is 9.33. The van der Waals surface area contributed by atoms with E-state index in [0.717, 1.165) is 10.2 Å². The van der Waals surface area contributed by atoms with Gasteiger partial charge in [0.15, 0.2) is 0 Å². The number of halogens is 1. The molecule has 5 heteroatoms. The molecule has 24 heavy (non-hydrogen) atoms. The predicted octanol–water partition coefficient (Wildman–Crippen LogP) is 4.39. The van der Waals surface area contributed by atoms with Crippen LogP contribution in [-0.2, 0) is 0 Å². The summed E-state index contributed by atoms with van der Waals surface area (Å²) in [7, 11) is 0. The van der Waals surface area contributed by atoms with Crippen LogP contribution in [0, 0.1) is 0 Å². The summed E-state index contributed by atoms with van der Waals surface area (Å²) in [5.74, 6) is 1.54. The number of para-hydroxylation sites is 1. The van der Waals surface area contributed by atoms with Crippen LogP contribution in [0.3, 0.4) is 0 Å². The standard InChI is InChI=1S/C19H22BrNO3/c1-3-21(4-2)19(22)15-10-11-18(17(20)14-15)24-13-12-23-16-8-6-5-7-9-16/h5-11,14H,3-4,12-13H2,1-2H3. The first-order valence-corrected chi connectivity index (χ1v) is 8.84. The van der Waals surface area contributed by atoms with Gasteiger partial charge < -0.3 is 14.4 Å². The summed E-state index contributed by atoms with van der Waals surface area (Å²) in [6.07, 6.45) is 0. The quantitative estimate of drug-likeness (QED) is 0.626. The predicted molar refractivity (Wildman–Crippen MR) is 98.8 cm³/mol. The molecule has 2 aromatic rings. The molecule has 0 fully saturated rings. The van der Waals surface area contributed by atoms with E-state index in [4.69, 9.17) is 9.47 Å². The van der Waals surface area contributed by atoms with E-state index in [1.807, 2.05) is 50.2 Å². The molecule has 0 radical (unpaired) electrons. The van der Waals surface area contributed by atoms with E-state index >= 15 is 0 Å². The number of ether oxygens (including phenoxy) is 2. The van der Waals surface area contributed by atoms with Crippen molar-refractivity contribution in [2.24, 2.45) is 0 Å². The summed E-state index contributed by atoms with van der Waals surface area (Å²) in [6.45, 7) is 6.22. The molecule has 2 aromatic carbocycles. The fourth-order valence-electron chi connectivity index (χ4n) is 2.27. The van der Waals surface area contributed by atoms with Gasteiger partial charge in [-0.25, -0.2) is 0 Å². The van der Waals surface area contributed by atoms with Gasteiger partial charge in [0.25, 0.3) is 5.91 Å². The minimum absolute atomic E-state index is 0.0275. The van der Waals surface area contributed by atoms with Gasteiger partial charge in [-0.05, 0) is 60.1 Å². The van der Waals surface area contributed by atoms with Gasteiger partial charge in [0, 0.05) is 18.7 Å². The van der Waals surface area contributed by atoms with Gasteiger partial charge >= 0.3 is 0 Å². The lowest BCUT2D eigenvalue weighted by Gasteiger charge is -2.19. The number of carbonyl (C=O) groups excluding carboxylic acids is 1. The Morgan fingerprint density at radius 1 is 1.00 bits per heavy atom. The van der Waals surface area contributed by atoms with Gasteiger partial charge in [-0.1, -0.05) is 18.2 Å². The molecule has 128 valence electrons. The van der Waals surface area contributed by atoms with Crippen LogP contribution in [0.4, 0.5) is 0 Å². The number of nitrogens with zero attached hydrogens (tertiary/aromatic N) is 1. The van der Waals surface area contributed by atoms with Crippen LogP contribution in [0.25, 0.3) is 0 Å². The maximum absolute atomic E-state index is 12.3. The van der Waals surface area contributed by atoms with Crippen molar-refractivity contribution in [1.82, 2.24) is 4.90 Å². The van der Waals surface area contributed by atoms with E-state index in [1.165, 1.54) is 0 Å². The molecule has 0 N–H and O–H groups in total. The lowest BCUT2D eigenvalue weighted by molar-refractivity contribution is 0.0773. The van der Waals surface area contributed by atoms with Crippen molar-refractivity contribution in [2.45, 2.75) is 13.8 Å². The normalized spacial score (nSPS) is 10.3. The molecule has 1 amide bonds. The fraction of sp³-hybridized carbons (Fsp3) is 0.316. The average molecular weight is 392 g/mol. The zero-order valence-corrected chi connectivity index (χ0v) is 15.6. The number of hydrogen-bond acceptors (Lipinski definition) is 3. The van der Waals surface area contributed by atoms with Gasteiger partial charge in [-0.3, -0.25) is 4.79 Å². The Morgan fingerprint density at radius 3 is 2.29 bits per heavy atom. The van der Waals surface area contributed by atoms with E-state index in [-0.39, 0.29) is 5.91 Å². The minimum Gasteiger partial charge on any atom is -0.490 e. The number of carbonyl (C=O) groups is 1. The van der Waals surface area contributed by atoms with E-state index in [1.54, 1.807) is 17.0 Å². The maximum atomic E-state index is 12.3. The minimum atomic E-state index is 0.0275. The first-order chi connectivity index (χ1) is 11.7. The van der Waals surface area contributed by atoms with Gasteiger partial charge in [-0.15, -0.1) is 0 Å². The largest absolute Gasteiger partial charge is 0.490 e. The zero-order chi connectivity index (χ0) is 17.4. The lowest BCUT2D eigenvalue weighted by Crippen LogP contribution is -2.30. The Hall–Kier alpha value is -2.01. The molecule has 4 nitrogen and oxygen atoms in total. The molecule has 0 aliphatic carbocycles. The van der Waals surface area contributed by atoms with Crippen molar-refractivity contribution in [3.8, 4) is 11.5 Å². The first-order valence-electron chi connectivity index (χ1n) is 8.05. The van der Waals surface area contributed by atoms with Crippen molar-refractivity contribution in [2.75, 3.05) is 26.3 Å². The van der Waals surface area contributed by atoms with Crippen LogP contribution in [-0.4, -0.2) is 37.1 Å². The van der Waals surface area contributed by atoms with E-state index in [0.29, 0.717) is 37.6 Å². The molecule has 0 unspecified atom stereocenters. The van der Waals surface area contributed by atoms with Gasteiger partial charge in [-0.2, -0.15) is 0 Å². The van der Waals surface area contributed by atoms with Crippen LogP contribution in [0.2, 0.25) is 0 Å². The second-order valence-corrected chi connectivity index (χ2v) is 5.99. The Morgan fingerprint density at radius 2 is 1.67 bits per heavy atom. The molecule has 0 aliphatic rings. The van der Waals surface area contributed by atoms with Crippen molar-refractivity contribution < 1.29 is 14.3 Å². The van der Waals surface area contributed by atoms with E-state index in [9.17, 15) is 4.79 Å². The summed E-state index contributed by atoms with van der Waals surface area (Å²) in [6, 6.07) is 15.0. The molecule has 0 aliphatic heterocycles. The SMILES string of the molecule is CCN(CC)C(=O)c1ccc(OCCOc2ccccc2)c(Br)c1. The Balaban J connectivity index is 1.89. The van der Waals surface area contributed by atoms with Crippen LogP contribution in [0.5, 0.6) is 11.5 Å². The molecule has 0 aromatic heterocycles. The highest BCUT2D eigenvalue weighted by atomic mass is 79.9. The summed E-state index contributed by atoms with van der Waals surface area (Å²) in [5.41, 5.74) is 0.651. The van der Waals surface area contributed by atoms with Gasteiger partial charge in [0.1, 0.15) is 24.7 Å².